The van der Waals surface area contributed by atoms with E-state index in [4.69, 9.17) is 9.47 Å². The quantitative estimate of drug-likeness (QED) is 0.173. The maximum Gasteiger partial charge on any atom is 0.306 e. The molecule has 0 aliphatic rings. The molecule has 1 heterocycles. The Bertz CT molecular complexity index is 704. The van der Waals surface area contributed by atoms with Crippen LogP contribution in [-0.4, -0.2) is 45.4 Å². The number of unbranched alkanes of at least 4 members (excludes halogenated alkanes) is 8. The third-order valence-corrected chi connectivity index (χ3v) is 5.73. The van der Waals surface area contributed by atoms with Crippen LogP contribution in [0.5, 0.6) is 0 Å². The summed E-state index contributed by atoms with van der Waals surface area (Å²) in [4.78, 5) is 36.1. The van der Waals surface area contributed by atoms with Gasteiger partial charge in [0.15, 0.2) is 6.10 Å². The van der Waals surface area contributed by atoms with E-state index in [2.05, 4.69) is 24.2 Å². The van der Waals surface area contributed by atoms with Crippen LogP contribution in [0.25, 0.3) is 0 Å². The minimum atomic E-state index is -0.626. The first-order valence-corrected chi connectivity index (χ1v) is 13.2. The molecule has 0 spiro atoms. The Morgan fingerprint density at radius 1 is 0.853 bits per heavy atom. The van der Waals surface area contributed by atoms with Crippen LogP contribution in [0.15, 0.2) is 6.20 Å². The molecule has 194 valence electrons. The molecule has 34 heavy (non-hydrogen) atoms. The lowest BCUT2D eigenvalue weighted by Crippen LogP contribution is -2.30. The molecule has 0 bridgehead atoms. The molecule has 0 radical (unpaired) electrons. The summed E-state index contributed by atoms with van der Waals surface area (Å²) in [6.45, 7) is 6.40. The number of nitrogens with zero attached hydrogens (tertiary/aromatic N) is 3. The molecule has 0 aromatic carbocycles. The number of Topliss-reactive ketones (excluding diaryl/α,β-unsaturated/α-hetero) is 1. The van der Waals surface area contributed by atoms with E-state index in [0.717, 1.165) is 51.4 Å². The number of ether oxygens (including phenoxy) is 2. The van der Waals surface area contributed by atoms with Gasteiger partial charge in [0.2, 0.25) is 0 Å². The Morgan fingerprint density at radius 2 is 1.47 bits per heavy atom. The summed E-state index contributed by atoms with van der Waals surface area (Å²) < 4.78 is 12.6. The van der Waals surface area contributed by atoms with Crippen molar-refractivity contribution in [1.29, 1.82) is 0 Å². The Labute approximate surface area is 205 Å². The molecule has 1 atom stereocenters. The second-order valence-electron chi connectivity index (χ2n) is 8.95. The normalized spacial score (nSPS) is 11.9. The van der Waals surface area contributed by atoms with Crippen LogP contribution in [0, 0.1) is 0 Å². The van der Waals surface area contributed by atoms with Crippen molar-refractivity contribution in [3.05, 3.63) is 11.9 Å². The monoisotopic (exact) mass is 479 g/mol. The van der Waals surface area contributed by atoms with Crippen molar-refractivity contribution in [2.45, 2.75) is 130 Å². The Morgan fingerprint density at radius 3 is 2.09 bits per heavy atom. The summed E-state index contributed by atoms with van der Waals surface area (Å²) in [6, 6.07) is 0. The number of esters is 2. The van der Waals surface area contributed by atoms with E-state index < -0.39 is 6.10 Å². The highest BCUT2D eigenvalue weighted by Gasteiger charge is 2.19. The van der Waals surface area contributed by atoms with Crippen LogP contribution in [0.2, 0.25) is 0 Å². The van der Waals surface area contributed by atoms with Gasteiger partial charge in [-0.2, -0.15) is 0 Å². The van der Waals surface area contributed by atoms with Gasteiger partial charge in [-0.05, 0) is 19.3 Å². The molecular weight excluding hydrogens is 434 g/mol. The highest BCUT2D eigenvalue weighted by molar-refractivity contribution is 5.78. The molecule has 1 aromatic rings. The van der Waals surface area contributed by atoms with Gasteiger partial charge in [-0.1, -0.05) is 77.4 Å². The zero-order chi connectivity index (χ0) is 25.0. The van der Waals surface area contributed by atoms with E-state index in [1.54, 1.807) is 10.9 Å². The molecule has 1 aromatic heterocycles. The first-order valence-electron chi connectivity index (χ1n) is 13.2. The molecule has 8 nitrogen and oxygen atoms in total. The topological polar surface area (TPSA) is 100 Å². The molecule has 0 N–H and O–H groups in total. The van der Waals surface area contributed by atoms with E-state index in [9.17, 15) is 14.4 Å². The predicted octanol–water partition coefficient (Wildman–Crippen LogP) is 5.37. The summed E-state index contributed by atoms with van der Waals surface area (Å²) in [7, 11) is 0. The SMILES string of the molecule is CCCCCCCC(=O)OCC(Cn1cc(CCC(=O)CC)nn1)OC(=O)CCCCCCC. The predicted molar refractivity (Wildman–Crippen MR) is 131 cm³/mol. The van der Waals surface area contributed by atoms with Crippen LogP contribution >= 0.6 is 0 Å². The highest BCUT2D eigenvalue weighted by atomic mass is 16.6. The lowest BCUT2D eigenvalue weighted by atomic mass is 10.1. The third kappa shape index (κ3) is 14.8. The average molecular weight is 480 g/mol. The van der Waals surface area contributed by atoms with Crippen LogP contribution in [0.1, 0.15) is 116 Å². The van der Waals surface area contributed by atoms with Gasteiger partial charge in [-0.25, -0.2) is 4.68 Å². The van der Waals surface area contributed by atoms with Crippen molar-refractivity contribution >= 4 is 17.7 Å². The van der Waals surface area contributed by atoms with E-state index in [1.165, 1.54) is 12.8 Å². The fourth-order valence-corrected chi connectivity index (χ4v) is 3.57. The molecule has 0 aliphatic carbocycles. The fraction of sp³-hybridized carbons (Fsp3) is 0.808. The molecule has 1 unspecified atom stereocenters. The highest BCUT2D eigenvalue weighted by Crippen LogP contribution is 2.10. The van der Waals surface area contributed by atoms with Gasteiger partial charge in [0.1, 0.15) is 12.4 Å². The van der Waals surface area contributed by atoms with Crippen molar-refractivity contribution < 1.29 is 23.9 Å². The zero-order valence-electron chi connectivity index (χ0n) is 21.6. The molecule has 0 saturated heterocycles. The standard InChI is InChI=1S/C26H45N3O5/c1-4-7-9-11-13-15-25(31)33-21-24(34-26(32)16-14-12-10-8-5-2)20-29-19-22(27-28-29)17-18-23(30)6-3/h19,24H,4-18,20-21H2,1-3H3. The van der Waals surface area contributed by atoms with E-state index in [1.807, 2.05) is 6.92 Å². The summed E-state index contributed by atoms with van der Waals surface area (Å²) in [5.74, 6) is -0.373. The minimum absolute atomic E-state index is 0.00111. The van der Waals surface area contributed by atoms with Crippen LogP contribution < -0.4 is 0 Å². The lowest BCUT2D eigenvalue weighted by molar-refractivity contribution is -0.160. The largest absolute Gasteiger partial charge is 0.462 e. The summed E-state index contributed by atoms with van der Waals surface area (Å²) in [5.41, 5.74) is 0.715. The number of hydrogen-bond acceptors (Lipinski definition) is 7. The number of rotatable bonds is 21. The van der Waals surface area contributed by atoms with Gasteiger partial charge >= 0.3 is 11.9 Å². The van der Waals surface area contributed by atoms with Gasteiger partial charge < -0.3 is 9.47 Å². The molecule has 8 heteroatoms. The number of aromatic nitrogens is 3. The van der Waals surface area contributed by atoms with Gasteiger partial charge in [0.05, 0.1) is 12.2 Å². The van der Waals surface area contributed by atoms with E-state index in [0.29, 0.717) is 37.8 Å². The summed E-state index contributed by atoms with van der Waals surface area (Å²) >= 11 is 0. The molecule has 0 saturated carbocycles. The van der Waals surface area contributed by atoms with Crippen molar-refractivity contribution in [1.82, 2.24) is 15.0 Å². The lowest BCUT2D eigenvalue weighted by Gasteiger charge is -2.18. The number of hydrogen-bond donors (Lipinski definition) is 0. The van der Waals surface area contributed by atoms with Gasteiger partial charge in [-0.3, -0.25) is 14.4 Å². The fourth-order valence-electron chi connectivity index (χ4n) is 3.57. The smallest absolute Gasteiger partial charge is 0.306 e. The van der Waals surface area contributed by atoms with Crippen LogP contribution in [0.3, 0.4) is 0 Å². The molecule has 0 amide bonds. The number of carbonyl (C=O) groups excluding carboxylic acids is 3. The molecular formula is C26H45N3O5. The maximum atomic E-state index is 12.4. The van der Waals surface area contributed by atoms with Crippen LogP contribution in [-0.2, 0) is 36.8 Å². The summed E-state index contributed by atoms with van der Waals surface area (Å²) in [5, 5.41) is 8.20. The van der Waals surface area contributed by atoms with E-state index >= 15 is 0 Å². The number of carbonyl (C=O) groups is 3. The Hall–Kier alpha value is -2.25. The Kier molecular flexibility index (Phi) is 16.7. The third-order valence-electron chi connectivity index (χ3n) is 5.73. The van der Waals surface area contributed by atoms with Gasteiger partial charge in [0, 0.05) is 31.9 Å². The van der Waals surface area contributed by atoms with Crippen molar-refractivity contribution in [2.75, 3.05) is 6.61 Å². The van der Waals surface area contributed by atoms with Crippen molar-refractivity contribution in [2.24, 2.45) is 0 Å². The minimum Gasteiger partial charge on any atom is -0.462 e. The first-order chi connectivity index (χ1) is 16.5. The maximum absolute atomic E-state index is 12.4. The number of ketones is 1. The second-order valence-corrected chi connectivity index (χ2v) is 8.95. The van der Waals surface area contributed by atoms with E-state index in [-0.39, 0.29) is 30.9 Å². The van der Waals surface area contributed by atoms with Crippen molar-refractivity contribution in [3.63, 3.8) is 0 Å². The zero-order valence-corrected chi connectivity index (χ0v) is 21.6. The first kappa shape index (κ1) is 29.8. The second kappa shape index (κ2) is 19.1. The van der Waals surface area contributed by atoms with Crippen molar-refractivity contribution in [3.8, 4) is 0 Å². The van der Waals surface area contributed by atoms with Gasteiger partial charge in [-0.15, -0.1) is 5.10 Å². The van der Waals surface area contributed by atoms with Gasteiger partial charge in [0.25, 0.3) is 0 Å². The molecule has 0 aliphatic heterocycles. The molecule has 0 fully saturated rings. The Balaban J connectivity index is 2.56. The molecule has 1 rings (SSSR count). The average Bonchev–Trinajstić information content (AvgIpc) is 3.28. The van der Waals surface area contributed by atoms with Crippen LogP contribution in [0.4, 0.5) is 0 Å². The number of aryl methyl sites for hydroxylation is 1. The summed E-state index contributed by atoms with van der Waals surface area (Å²) in [6.07, 6.45) is 13.9.